The lowest BCUT2D eigenvalue weighted by atomic mass is 10.3. The number of piperazine rings is 1. The molecular weight excluding hydrogens is 382 g/mol. The van der Waals surface area contributed by atoms with Crippen LogP contribution in [0, 0.1) is 0 Å². The number of aromatic nitrogens is 2. The van der Waals surface area contributed by atoms with E-state index in [9.17, 15) is 18.0 Å². The predicted octanol–water partition coefficient (Wildman–Crippen LogP) is -0.538. The maximum atomic E-state index is 13.1. The second-order valence-electron chi connectivity index (χ2n) is 7.57. The van der Waals surface area contributed by atoms with Gasteiger partial charge in [-0.15, -0.1) is 0 Å². The van der Waals surface area contributed by atoms with Gasteiger partial charge in [-0.05, 0) is 31.0 Å². The van der Waals surface area contributed by atoms with Crippen LogP contribution in [0.1, 0.15) is 12.8 Å². The molecule has 0 spiro atoms. The molecule has 0 unspecified atom stereocenters. The zero-order chi connectivity index (χ0) is 20.1. The summed E-state index contributed by atoms with van der Waals surface area (Å²) < 4.78 is 30.5. The van der Waals surface area contributed by atoms with Gasteiger partial charge in [0.25, 0.3) is 0 Å². The van der Waals surface area contributed by atoms with Crippen LogP contribution in [0.3, 0.4) is 0 Å². The molecule has 1 aliphatic heterocycles. The summed E-state index contributed by atoms with van der Waals surface area (Å²) in [6.07, 6.45) is 2.10. The van der Waals surface area contributed by atoms with E-state index in [-0.39, 0.29) is 16.5 Å². The third kappa shape index (κ3) is 3.47. The Kier molecular flexibility index (Phi) is 4.80. The number of aryl methyl sites for hydroxylation is 2. The van der Waals surface area contributed by atoms with Crippen molar-refractivity contribution in [2.45, 2.75) is 23.8 Å². The number of nitrogens with zero attached hydrogens (tertiary/aromatic N) is 4. The molecule has 0 bridgehead atoms. The lowest BCUT2D eigenvalue weighted by Gasteiger charge is -2.33. The van der Waals surface area contributed by atoms with E-state index < -0.39 is 10.0 Å². The molecule has 2 aromatic rings. The number of amides is 1. The van der Waals surface area contributed by atoms with E-state index in [2.05, 4.69) is 5.32 Å². The van der Waals surface area contributed by atoms with Gasteiger partial charge in [0.1, 0.15) is 0 Å². The van der Waals surface area contributed by atoms with Crippen LogP contribution in [0.25, 0.3) is 11.0 Å². The number of nitrogens with one attached hydrogen (secondary N) is 1. The normalized spacial score (nSPS) is 19.2. The highest BCUT2D eigenvalue weighted by Crippen LogP contribution is 2.22. The van der Waals surface area contributed by atoms with Crippen molar-refractivity contribution < 1.29 is 13.2 Å². The summed E-state index contributed by atoms with van der Waals surface area (Å²) in [5.74, 6) is 0.00857. The van der Waals surface area contributed by atoms with E-state index in [4.69, 9.17) is 0 Å². The van der Waals surface area contributed by atoms with Gasteiger partial charge in [0, 0.05) is 46.3 Å². The van der Waals surface area contributed by atoms with Crippen molar-refractivity contribution in [1.29, 1.82) is 0 Å². The fourth-order valence-corrected chi connectivity index (χ4v) is 5.07. The number of carbonyl (C=O) groups is 1. The highest BCUT2D eigenvalue weighted by molar-refractivity contribution is 7.89. The molecule has 2 fully saturated rings. The van der Waals surface area contributed by atoms with Crippen molar-refractivity contribution in [3.63, 3.8) is 0 Å². The fraction of sp³-hybridized carbons (Fsp3) is 0.556. The Morgan fingerprint density at radius 3 is 2.36 bits per heavy atom. The van der Waals surface area contributed by atoms with Crippen molar-refractivity contribution >= 4 is 27.0 Å². The Labute approximate surface area is 163 Å². The van der Waals surface area contributed by atoms with Gasteiger partial charge in [-0.3, -0.25) is 18.8 Å². The molecule has 0 atom stereocenters. The van der Waals surface area contributed by atoms with Crippen LogP contribution < -0.4 is 11.0 Å². The number of fused-ring (bicyclic) bond motifs is 1. The first-order valence-electron chi connectivity index (χ1n) is 9.45. The molecule has 1 saturated heterocycles. The van der Waals surface area contributed by atoms with Gasteiger partial charge in [-0.2, -0.15) is 4.31 Å². The maximum Gasteiger partial charge on any atom is 0.328 e. The van der Waals surface area contributed by atoms with Crippen LogP contribution >= 0.6 is 0 Å². The minimum Gasteiger partial charge on any atom is -0.352 e. The fourth-order valence-electron chi connectivity index (χ4n) is 3.63. The summed E-state index contributed by atoms with van der Waals surface area (Å²) in [5, 5.41) is 2.95. The number of hydrogen-bond acceptors (Lipinski definition) is 5. The van der Waals surface area contributed by atoms with Crippen LogP contribution in [0.4, 0.5) is 0 Å². The Morgan fingerprint density at radius 1 is 1.07 bits per heavy atom. The molecule has 10 heteroatoms. The van der Waals surface area contributed by atoms with Gasteiger partial charge in [0.05, 0.1) is 22.5 Å². The molecule has 2 aliphatic rings. The van der Waals surface area contributed by atoms with Gasteiger partial charge in [-0.25, -0.2) is 13.2 Å². The topological polar surface area (TPSA) is 96.7 Å². The van der Waals surface area contributed by atoms with Crippen molar-refractivity contribution in [2.24, 2.45) is 14.1 Å². The van der Waals surface area contributed by atoms with Crippen LogP contribution in [0.15, 0.2) is 27.9 Å². The van der Waals surface area contributed by atoms with Crippen LogP contribution in [-0.2, 0) is 28.9 Å². The number of carbonyl (C=O) groups excluding carboxylic acids is 1. The van der Waals surface area contributed by atoms with Crippen LogP contribution in [0.2, 0.25) is 0 Å². The first kappa shape index (κ1) is 19.2. The van der Waals surface area contributed by atoms with E-state index in [0.29, 0.717) is 49.8 Å². The molecule has 1 saturated carbocycles. The number of benzene rings is 1. The molecule has 0 radical (unpaired) electrons. The molecule has 1 aromatic heterocycles. The van der Waals surface area contributed by atoms with Gasteiger partial charge >= 0.3 is 5.69 Å². The largest absolute Gasteiger partial charge is 0.352 e. The van der Waals surface area contributed by atoms with E-state index >= 15 is 0 Å². The monoisotopic (exact) mass is 407 g/mol. The Balaban J connectivity index is 1.47. The number of rotatable bonds is 5. The molecule has 1 N–H and O–H groups in total. The molecule has 1 amide bonds. The third-order valence-electron chi connectivity index (χ3n) is 5.52. The van der Waals surface area contributed by atoms with Crippen LogP contribution in [-0.4, -0.2) is 71.4 Å². The molecule has 2 heterocycles. The zero-order valence-electron chi connectivity index (χ0n) is 16.1. The molecule has 28 heavy (non-hydrogen) atoms. The molecule has 9 nitrogen and oxygen atoms in total. The van der Waals surface area contributed by atoms with Crippen molar-refractivity contribution in [3.05, 3.63) is 28.7 Å². The SMILES string of the molecule is Cn1c(=O)n(C)c2cc(S(=O)(=O)N3CCN(CC(=O)NC4CC4)CC3)ccc21. The highest BCUT2D eigenvalue weighted by Gasteiger charge is 2.30. The van der Waals surface area contributed by atoms with Crippen molar-refractivity contribution in [2.75, 3.05) is 32.7 Å². The standard InChI is InChI=1S/C18H25N5O4S/c1-20-15-6-5-14(11-16(15)21(2)18(20)25)28(26,27)23-9-7-22(8-10-23)12-17(24)19-13-3-4-13/h5-6,11,13H,3-4,7-10,12H2,1-2H3,(H,19,24). The van der Waals surface area contributed by atoms with E-state index in [1.165, 1.54) is 13.4 Å². The first-order valence-corrected chi connectivity index (χ1v) is 10.9. The minimum absolute atomic E-state index is 0.00857. The van der Waals surface area contributed by atoms with Gasteiger partial charge in [0.15, 0.2) is 0 Å². The van der Waals surface area contributed by atoms with Crippen LogP contribution in [0.5, 0.6) is 0 Å². The average Bonchev–Trinajstić information content (AvgIpc) is 3.46. The molecule has 1 aliphatic carbocycles. The molecule has 152 valence electrons. The molecule has 1 aromatic carbocycles. The van der Waals surface area contributed by atoms with E-state index in [1.54, 1.807) is 32.3 Å². The van der Waals surface area contributed by atoms with Gasteiger partial charge < -0.3 is 5.32 Å². The summed E-state index contributed by atoms with van der Waals surface area (Å²) in [6, 6.07) is 5.11. The summed E-state index contributed by atoms with van der Waals surface area (Å²) >= 11 is 0. The Morgan fingerprint density at radius 2 is 1.71 bits per heavy atom. The summed E-state index contributed by atoms with van der Waals surface area (Å²) in [4.78, 5) is 26.2. The highest BCUT2D eigenvalue weighted by atomic mass is 32.2. The first-order chi connectivity index (χ1) is 13.3. The Bertz CT molecular complexity index is 1080. The summed E-state index contributed by atoms with van der Waals surface area (Å²) in [5.41, 5.74) is 1.09. The van der Waals surface area contributed by atoms with Gasteiger partial charge in [0.2, 0.25) is 15.9 Å². The smallest absolute Gasteiger partial charge is 0.328 e. The average molecular weight is 407 g/mol. The number of hydrogen-bond donors (Lipinski definition) is 1. The third-order valence-corrected chi connectivity index (χ3v) is 7.42. The second-order valence-corrected chi connectivity index (χ2v) is 9.51. The number of sulfonamides is 1. The second kappa shape index (κ2) is 7.02. The lowest BCUT2D eigenvalue weighted by molar-refractivity contribution is -0.122. The molecular formula is C18H25N5O4S. The van der Waals surface area contributed by atoms with E-state index in [1.807, 2.05) is 4.90 Å². The van der Waals surface area contributed by atoms with Crippen molar-refractivity contribution in [1.82, 2.24) is 23.7 Å². The quantitative estimate of drug-likeness (QED) is 0.718. The molecule has 4 rings (SSSR count). The summed E-state index contributed by atoms with van der Waals surface area (Å²) in [6.45, 7) is 2.02. The predicted molar refractivity (Wildman–Crippen MR) is 105 cm³/mol. The Hall–Kier alpha value is -2.17. The zero-order valence-corrected chi connectivity index (χ0v) is 16.9. The minimum atomic E-state index is -3.65. The lowest BCUT2D eigenvalue weighted by Crippen LogP contribution is -2.51. The van der Waals surface area contributed by atoms with Gasteiger partial charge in [-0.1, -0.05) is 0 Å². The van der Waals surface area contributed by atoms with E-state index in [0.717, 1.165) is 12.8 Å². The number of imidazole rings is 1. The maximum absolute atomic E-state index is 13.1. The van der Waals surface area contributed by atoms with Crippen molar-refractivity contribution in [3.8, 4) is 0 Å². The summed E-state index contributed by atoms with van der Waals surface area (Å²) in [7, 11) is -0.358.